The van der Waals surface area contributed by atoms with Crippen LogP contribution in [0.4, 0.5) is 0 Å². The van der Waals surface area contributed by atoms with Crippen molar-refractivity contribution in [3.8, 4) is 0 Å². The van der Waals surface area contributed by atoms with E-state index in [1.165, 1.54) is 0 Å². The molecule has 1 aromatic rings. The van der Waals surface area contributed by atoms with Crippen LogP contribution in [0.5, 0.6) is 0 Å². The summed E-state index contributed by atoms with van der Waals surface area (Å²) in [6.07, 6.45) is 1.58. The number of carbonyl (C=O) groups is 1. The van der Waals surface area contributed by atoms with E-state index in [2.05, 4.69) is 4.98 Å². The van der Waals surface area contributed by atoms with E-state index in [0.29, 0.717) is 5.69 Å². The zero-order valence-corrected chi connectivity index (χ0v) is 8.16. The smallest absolute Gasteiger partial charge is 0.267 e. The number of aromatic nitrogens is 1. The Balaban J connectivity index is 3.28. The first kappa shape index (κ1) is 9.71. The summed E-state index contributed by atoms with van der Waals surface area (Å²) in [5.41, 5.74) is 6.37. The Hall–Kier alpha value is -1.38. The average Bonchev–Trinajstić information content (AvgIpc) is 2.03. The Morgan fingerprint density at radius 3 is 2.46 bits per heavy atom. The molecule has 0 saturated heterocycles. The Morgan fingerprint density at radius 2 is 2.08 bits per heavy atom. The van der Waals surface area contributed by atoms with Crippen LogP contribution in [-0.2, 0) is 5.41 Å². The summed E-state index contributed by atoms with van der Waals surface area (Å²) in [4.78, 5) is 15.0. The van der Waals surface area contributed by atoms with Crippen molar-refractivity contribution >= 4 is 5.91 Å². The number of nitrogens with two attached hydrogens (primary N) is 1. The van der Waals surface area contributed by atoms with Crippen molar-refractivity contribution in [1.29, 1.82) is 0 Å². The number of rotatable bonds is 1. The Morgan fingerprint density at radius 1 is 1.46 bits per heavy atom. The predicted octanol–water partition coefficient (Wildman–Crippen LogP) is 1.48. The van der Waals surface area contributed by atoms with Crippen LogP contribution in [0.1, 0.15) is 36.8 Å². The zero-order chi connectivity index (χ0) is 10.1. The van der Waals surface area contributed by atoms with Gasteiger partial charge in [0.25, 0.3) is 5.91 Å². The number of hydrogen-bond acceptors (Lipinski definition) is 2. The molecule has 0 spiro atoms. The third kappa shape index (κ3) is 2.05. The topological polar surface area (TPSA) is 56.0 Å². The highest BCUT2D eigenvalue weighted by Gasteiger charge is 2.20. The van der Waals surface area contributed by atoms with Crippen LogP contribution in [0.15, 0.2) is 18.3 Å². The summed E-state index contributed by atoms with van der Waals surface area (Å²) >= 11 is 0. The minimum Gasteiger partial charge on any atom is -0.364 e. The summed E-state index contributed by atoms with van der Waals surface area (Å²) in [5, 5.41) is 0. The molecule has 3 heteroatoms. The van der Waals surface area contributed by atoms with Crippen LogP contribution in [0.3, 0.4) is 0 Å². The monoisotopic (exact) mass is 178 g/mol. The van der Waals surface area contributed by atoms with Crippen molar-refractivity contribution in [2.45, 2.75) is 26.2 Å². The number of carbonyl (C=O) groups excluding carboxylic acids is 1. The molecule has 1 heterocycles. The van der Waals surface area contributed by atoms with Gasteiger partial charge in [0, 0.05) is 6.20 Å². The molecule has 0 aliphatic rings. The van der Waals surface area contributed by atoms with E-state index >= 15 is 0 Å². The lowest BCUT2D eigenvalue weighted by Crippen LogP contribution is -2.22. The molecule has 0 radical (unpaired) electrons. The minimum atomic E-state index is -0.467. The van der Waals surface area contributed by atoms with Crippen LogP contribution in [0.2, 0.25) is 0 Å². The van der Waals surface area contributed by atoms with Crippen LogP contribution in [-0.4, -0.2) is 10.9 Å². The first-order valence-electron chi connectivity index (χ1n) is 4.18. The third-order valence-electron chi connectivity index (χ3n) is 1.85. The molecule has 13 heavy (non-hydrogen) atoms. The van der Waals surface area contributed by atoms with Crippen LogP contribution >= 0.6 is 0 Å². The Kier molecular flexibility index (Phi) is 2.36. The maximum atomic E-state index is 11.0. The number of pyridine rings is 1. The molecule has 0 aliphatic carbocycles. The molecule has 2 N–H and O–H groups in total. The van der Waals surface area contributed by atoms with E-state index in [-0.39, 0.29) is 5.41 Å². The highest BCUT2D eigenvalue weighted by molar-refractivity contribution is 5.92. The van der Waals surface area contributed by atoms with Crippen molar-refractivity contribution < 1.29 is 4.79 Å². The number of amides is 1. The summed E-state index contributed by atoms with van der Waals surface area (Å²) in [5.74, 6) is -0.467. The van der Waals surface area contributed by atoms with Gasteiger partial charge in [0.2, 0.25) is 0 Å². The van der Waals surface area contributed by atoms with Gasteiger partial charge in [0.05, 0.1) is 0 Å². The van der Waals surface area contributed by atoms with E-state index in [4.69, 9.17) is 5.73 Å². The van der Waals surface area contributed by atoms with E-state index < -0.39 is 5.91 Å². The molecule has 0 aliphatic heterocycles. The van der Waals surface area contributed by atoms with Gasteiger partial charge in [0.1, 0.15) is 5.69 Å². The van der Waals surface area contributed by atoms with Crippen molar-refractivity contribution in [2.75, 3.05) is 0 Å². The second-order valence-corrected chi connectivity index (χ2v) is 4.01. The van der Waals surface area contributed by atoms with E-state index in [9.17, 15) is 4.79 Å². The molecular weight excluding hydrogens is 164 g/mol. The number of nitrogens with zero attached hydrogens (tertiary/aromatic N) is 1. The van der Waals surface area contributed by atoms with Gasteiger partial charge in [-0.15, -0.1) is 0 Å². The lowest BCUT2D eigenvalue weighted by molar-refractivity contribution is 0.0993. The van der Waals surface area contributed by atoms with Gasteiger partial charge in [-0.3, -0.25) is 9.78 Å². The maximum Gasteiger partial charge on any atom is 0.267 e. The van der Waals surface area contributed by atoms with Crippen molar-refractivity contribution in [1.82, 2.24) is 4.98 Å². The molecule has 1 amide bonds. The van der Waals surface area contributed by atoms with Gasteiger partial charge in [-0.2, -0.15) is 0 Å². The third-order valence-corrected chi connectivity index (χ3v) is 1.85. The molecule has 1 aromatic heterocycles. The summed E-state index contributed by atoms with van der Waals surface area (Å²) in [6, 6.07) is 3.69. The normalized spacial score (nSPS) is 11.3. The van der Waals surface area contributed by atoms with Crippen molar-refractivity contribution in [2.24, 2.45) is 5.73 Å². The molecule has 0 bridgehead atoms. The van der Waals surface area contributed by atoms with Crippen molar-refractivity contribution in [3.05, 3.63) is 29.6 Å². The van der Waals surface area contributed by atoms with E-state index in [1.54, 1.807) is 6.20 Å². The fraction of sp³-hybridized carbons (Fsp3) is 0.400. The molecule has 0 atom stereocenters. The standard InChI is InChI=1S/C10H14N2O/c1-10(2,3)7-5-4-6-12-8(7)9(11)13/h4-6H,1-3H3,(H2,11,13). The van der Waals surface area contributed by atoms with Gasteiger partial charge in [-0.1, -0.05) is 26.8 Å². The second kappa shape index (κ2) is 3.17. The summed E-state index contributed by atoms with van der Waals surface area (Å²) in [6.45, 7) is 6.07. The minimum absolute atomic E-state index is 0.0986. The van der Waals surface area contributed by atoms with Gasteiger partial charge < -0.3 is 5.73 Å². The molecule has 0 saturated carbocycles. The van der Waals surface area contributed by atoms with Crippen LogP contribution < -0.4 is 5.73 Å². The van der Waals surface area contributed by atoms with Gasteiger partial charge in [-0.25, -0.2) is 0 Å². The largest absolute Gasteiger partial charge is 0.364 e. The average molecular weight is 178 g/mol. The van der Waals surface area contributed by atoms with Crippen LogP contribution in [0.25, 0.3) is 0 Å². The Labute approximate surface area is 78.0 Å². The first-order valence-corrected chi connectivity index (χ1v) is 4.18. The second-order valence-electron chi connectivity index (χ2n) is 4.01. The molecule has 1 rings (SSSR count). The van der Waals surface area contributed by atoms with Crippen LogP contribution in [0, 0.1) is 0 Å². The fourth-order valence-corrected chi connectivity index (χ4v) is 1.21. The number of primary amides is 1. The molecule has 0 fully saturated rings. The molecule has 70 valence electrons. The first-order chi connectivity index (χ1) is 5.93. The van der Waals surface area contributed by atoms with Gasteiger partial charge >= 0.3 is 0 Å². The molecule has 3 nitrogen and oxygen atoms in total. The molecular formula is C10H14N2O. The molecule has 0 aromatic carbocycles. The van der Waals surface area contributed by atoms with E-state index in [0.717, 1.165) is 5.56 Å². The predicted molar refractivity (Wildman–Crippen MR) is 51.5 cm³/mol. The molecule has 0 unspecified atom stereocenters. The summed E-state index contributed by atoms with van der Waals surface area (Å²) in [7, 11) is 0. The van der Waals surface area contributed by atoms with Gasteiger partial charge in [-0.05, 0) is 17.0 Å². The summed E-state index contributed by atoms with van der Waals surface area (Å²) < 4.78 is 0. The lowest BCUT2D eigenvalue weighted by atomic mass is 9.86. The highest BCUT2D eigenvalue weighted by atomic mass is 16.1. The van der Waals surface area contributed by atoms with Crippen molar-refractivity contribution in [3.63, 3.8) is 0 Å². The SMILES string of the molecule is CC(C)(C)c1cccnc1C(N)=O. The number of hydrogen-bond donors (Lipinski definition) is 1. The lowest BCUT2D eigenvalue weighted by Gasteiger charge is -2.20. The van der Waals surface area contributed by atoms with Gasteiger partial charge in [0.15, 0.2) is 0 Å². The quantitative estimate of drug-likeness (QED) is 0.708. The zero-order valence-electron chi connectivity index (χ0n) is 8.16. The van der Waals surface area contributed by atoms with E-state index in [1.807, 2.05) is 32.9 Å². The Bertz CT molecular complexity index is 326. The highest BCUT2D eigenvalue weighted by Crippen LogP contribution is 2.23. The maximum absolute atomic E-state index is 11.0. The fourth-order valence-electron chi connectivity index (χ4n) is 1.21.